The van der Waals surface area contributed by atoms with E-state index in [0.717, 1.165) is 11.3 Å². The van der Waals surface area contributed by atoms with Crippen molar-refractivity contribution in [3.63, 3.8) is 0 Å². The Morgan fingerprint density at radius 1 is 1.14 bits per heavy atom. The first kappa shape index (κ1) is 14.3. The Morgan fingerprint density at radius 3 is 2.64 bits per heavy atom. The maximum absolute atomic E-state index is 12.5. The van der Waals surface area contributed by atoms with Crippen molar-refractivity contribution >= 4 is 17.5 Å². The summed E-state index contributed by atoms with van der Waals surface area (Å²) in [6.45, 7) is 2.57. The molecule has 2 aromatic rings. The number of anilines is 1. The number of nitrogens with zero attached hydrogens (tertiary/aromatic N) is 1. The van der Waals surface area contributed by atoms with Gasteiger partial charge in [-0.15, -0.1) is 0 Å². The minimum Gasteiger partial charge on any atom is -0.340 e. The molecule has 1 N–H and O–H groups in total. The first-order valence-electron chi connectivity index (χ1n) is 7.39. The Kier molecular flexibility index (Phi) is 3.92. The first-order chi connectivity index (χ1) is 10.6. The molecule has 0 aliphatic carbocycles. The molecule has 3 rings (SSSR count). The van der Waals surface area contributed by atoms with E-state index in [0.29, 0.717) is 18.5 Å². The quantitative estimate of drug-likeness (QED) is 0.945. The van der Waals surface area contributed by atoms with Crippen LogP contribution in [0.25, 0.3) is 0 Å². The second kappa shape index (κ2) is 6.02. The van der Waals surface area contributed by atoms with E-state index in [1.807, 2.05) is 55.5 Å². The zero-order valence-electron chi connectivity index (χ0n) is 12.5. The number of para-hydroxylation sites is 1. The Bertz CT molecular complexity index is 697. The molecule has 1 aliphatic heterocycles. The molecule has 0 radical (unpaired) electrons. The van der Waals surface area contributed by atoms with Gasteiger partial charge in [-0.05, 0) is 37.6 Å². The van der Waals surface area contributed by atoms with Crippen molar-refractivity contribution in [3.05, 3.63) is 65.7 Å². The molecule has 112 valence electrons. The molecule has 1 aliphatic rings. The van der Waals surface area contributed by atoms with E-state index in [1.165, 1.54) is 0 Å². The third-order valence-electron chi connectivity index (χ3n) is 3.86. The van der Waals surface area contributed by atoms with Crippen molar-refractivity contribution in [2.75, 3.05) is 11.4 Å². The molecular formula is C18H18N2O2. The van der Waals surface area contributed by atoms with Crippen LogP contribution in [0.3, 0.4) is 0 Å². The lowest BCUT2D eigenvalue weighted by atomic mass is 10.1. The van der Waals surface area contributed by atoms with E-state index >= 15 is 0 Å². The zero-order valence-corrected chi connectivity index (χ0v) is 12.5. The molecule has 4 heteroatoms. The van der Waals surface area contributed by atoms with Gasteiger partial charge in [0.25, 0.3) is 5.91 Å². The standard InChI is InChI=1S/C18H18N2O2/c1-13-6-5-7-14(12-13)17(21)19-16-10-11-20(18(16)22)15-8-3-2-4-9-15/h2-9,12,16H,10-11H2,1H3,(H,19,21)/t16-/m0/s1. The molecule has 2 amide bonds. The van der Waals surface area contributed by atoms with Crippen LogP contribution in [0, 0.1) is 6.92 Å². The van der Waals surface area contributed by atoms with Gasteiger partial charge in [-0.1, -0.05) is 35.9 Å². The van der Waals surface area contributed by atoms with Gasteiger partial charge in [0.15, 0.2) is 0 Å². The number of carbonyl (C=O) groups excluding carboxylic acids is 2. The molecule has 0 spiro atoms. The average Bonchev–Trinajstić information content (AvgIpc) is 2.89. The molecule has 0 unspecified atom stereocenters. The van der Waals surface area contributed by atoms with Crippen LogP contribution >= 0.6 is 0 Å². The molecule has 0 aromatic heterocycles. The highest BCUT2D eigenvalue weighted by Gasteiger charge is 2.33. The van der Waals surface area contributed by atoms with Crippen LogP contribution in [-0.2, 0) is 4.79 Å². The third kappa shape index (κ3) is 2.86. The third-order valence-corrected chi connectivity index (χ3v) is 3.86. The fourth-order valence-corrected chi connectivity index (χ4v) is 2.71. The maximum atomic E-state index is 12.5. The SMILES string of the molecule is Cc1cccc(C(=O)N[C@H]2CCN(c3ccccc3)C2=O)c1. The second-order valence-corrected chi connectivity index (χ2v) is 5.51. The summed E-state index contributed by atoms with van der Waals surface area (Å²) in [6.07, 6.45) is 0.630. The normalized spacial score (nSPS) is 17.6. The summed E-state index contributed by atoms with van der Waals surface area (Å²) < 4.78 is 0. The molecule has 1 saturated heterocycles. The lowest BCUT2D eigenvalue weighted by Crippen LogP contribution is -2.41. The van der Waals surface area contributed by atoms with Crippen LogP contribution < -0.4 is 10.2 Å². The Hall–Kier alpha value is -2.62. The van der Waals surface area contributed by atoms with E-state index in [1.54, 1.807) is 11.0 Å². The van der Waals surface area contributed by atoms with E-state index in [4.69, 9.17) is 0 Å². The van der Waals surface area contributed by atoms with Crippen molar-refractivity contribution < 1.29 is 9.59 Å². The number of rotatable bonds is 3. The van der Waals surface area contributed by atoms with Gasteiger partial charge in [0.2, 0.25) is 5.91 Å². The monoisotopic (exact) mass is 294 g/mol. The van der Waals surface area contributed by atoms with Crippen molar-refractivity contribution in [2.24, 2.45) is 0 Å². The number of nitrogens with one attached hydrogen (secondary N) is 1. The van der Waals surface area contributed by atoms with Crippen molar-refractivity contribution in [1.29, 1.82) is 0 Å². The van der Waals surface area contributed by atoms with Crippen LogP contribution in [0.2, 0.25) is 0 Å². The van der Waals surface area contributed by atoms with Gasteiger partial charge >= 0.3 is 0 Å². The predicted molar refractivity (Wildman–Crippen MR) is 85.8 cm³/mol. The van der Waals surface area contributed by atoms with Crippen LogP contribution in [0.15, 0.2) is 54.6 Å². The molecule has 1 atom stereocenters. The van der Waals surface area contributed by atoms with E-state index in [-0.39, 0.29) is 11.8 Å². The summed E-state index contributed by atoms with van der Waals surface area (Å²) in [6, 6.07) is 16.5. The molecule has 1 fully saturated rings. The number of aryl methyl sites for hydroxylation is 1. The van der Waals surface area contributed by atoms with Gasteiger partial charge in [0.1, 0.15) is 6.04 Å². The van der Waals surface area contributed by atoms with Crippen LogP contribution in [0.1, 0.15) is 22.3 Å². The maximum Gasteiger partial charge on any atom is 0.251 e. The number of benzene rings is 2. The van der Waals surface area contributed by atoms with Gasteiger partial charge in [-0.2, -0.15) is 0 Å². The minimum absolute atomic E-state index is 0.0489. The highest BCUT2D eigenvalue weighted by atomic mass is 16.2. The van der Waals surface area contributed by atoms with Gasteiger partial charge < -0.3 is 10.2 Å². The Balaban J connectivity index is 1.70. The summed E-state index contributed by atoms with van der Waals surface area (Å²) in [7, 11) is 0. The topological polar surface area (TPSA) is 49.4 Å². The van der Waals surface area contributed by atoms with E-state index < -0.39 is 6.04 Å². The van der Waals surface area contributed by atoms with Gasteiger partial charge in [-0.3, -0.25) is 9.59 Å². The summed E-state index contributed by atoms with van der Waals surface area (Å²) in [5, 5.41) is 2.84. The predicted octanol–water partition coefficient (Wildman–Crippen LogP) is 2.53. The fraction of sp³-hybridized carbons (Fsp3) is 0.222. The lowest BCUT2D eigenvalue weighted by molar-refractivity contribution is -0.118. The second-order valence-electron chi connectivity index (χ2n) is 5.51. The largest absolute Gasteiger partial charge is 0.340 e. The zero-order chi connectivity index (χ0) is 15.5. The van der Waals surface area contributed by atoms with Gasteiger partial charge in [-0.25, -0.2) is 0 Å². The molecule has 0 saturated carbocycles. The minimum atomic E-state index is -0.451. The number of carbonyl (C=O) groups is 2. The molecule has 0 bridgehead atoms. The summed E-state index contributed by atoms with van der Waals surface area (Å²) in [5.74, 6) is -0.246. The summed E-state index contributed by atoms with van der Waals surface area (Å²) >= 11 is 0. The van der Waals surface area contributed by atoms with Crippen LogP contribution in [-0.4, -0.2) is 24.4 Å². The molecule has 22 heavy (non-hydrogen) atoms. The van der Waals surface area contributed by atoms with Crippen molar-refractivity contribution in [2.45, 2.75) is 19.4 Å². The molecule has 4 nitrogen and oxygen atoms in total. The Morgan fingerprint density at radius 2 is 1.91 bits per heavy atom. The smallest absolute Gasteiger partial charge is 0.251 e. The lowest BCUT2D eigenvalue weighted by Gasteiger charge is -2.17. The van der Waals surface area contributed by atoms with Crippen molar-refractivity contribution in [1.82, 2.24) is 5.32 Å². The highest BCUT2D eigenvalue weighted by molar-refractivity contribution is 6.03. The van der Waals surface area contributed by atoms with E-state index in [2.05, 4.69) is 5.32 Å². The first-order valence-corrected chi connectivity index (χ1v) is 7.39. The van der Waals surface area contributed by atoms with Gasteiger partial charge in [0, 0.05) is 17.8 Å². The van der Waals surface area contributed by atoms with E-state index in [9.17, 15) is 9.59 Å². The Labute approximate surface area is 129 Å². The van der Waals surface area contributed by atoms with Crippen LogP contribution in [0.4, 0.5) is 5.69 Å². The average molecular weight is 294 g/mol. The van der Waals surface area contributed by atoms with Crippen LogP contribution in [0.5, 0.6) is 0 Å². The number of amides is 2. The highest BCUT2D eigenvalue weighted by Crippen LogP contribution is 2.21. The summed E-state index contributed by atoms with van der Waals surface area (Å²) in [5.41, 5.74) is 2.49. The molecular weight excluding hydrogens is 276 g/mol. The molecule has 1 heterocycles. The molecule has 2 aromatic carbocycles. The number of hydrogen-bond donors (Lipinski definition) is 1. The summed E-state index contributed by atoms with van der Waals surface area (Å²) in [4.78, 5) is 26.4. The van der Waals surface area contributed by atoms with Crippen molar-refractivity contribution in [3.8, 4) is 0 Å². The number of hydrogen-bond acceptors (Lipinski definition) is 2. The fourth-order valence-electron chi connectivity index (χ4n) is 2.71. The van der Waals surface area contributed by atoms with Gasteiger partial charge in [0.05, 0.1) is 0 Å².